The summed E-state index contributed by atoms with van der Waals surface area (Å²) in [5, 5.41) is 2.86. The highest BCUT2D eigenvalue weighted by Crippen LogP contribution is 2.36. The quantitative estimate of drug-likeness (QED) is 0.188. The van der Waals surface area contributed by atoms with Gasteiger partial charge in [-0.1, -0.05) is 29.0 Å². The van der Waals surface area contributed by atoms with Crippen LogP contribution in [0, 0.1) is 5.92 Å². The van der Waals surface area contributed by atoms with Crippen molar-refractivity contribution in [3.63, 3.8) is 0 Å². The van der Waals surface area contributed by atoms with Gasteiger partial charge in [0.1, 0.15) is 5.92 Å². The van der Waals surface area contributed by atoms with Crippen molar-refractivity contribution < 1.29 is 38.1 Å². The molecule has 0 aliphatic carbocycles. The van der Waals surface area contributed by atoms with Gasteiger partial charge >= 0.3 is 11.9 Å². The maximum atomic E-state index is 14.2. The van der Waals surface area contributed by atoms with Crippen LogP contribution in [-0.4, -0.2) is 60.4 Å². The predicted molar refractivity (Wildman–Crippen MR) is 180 cm³/mol. The summed E-state index contributed by atoms with van der Waals surface area (Å²) in [5.41, 5.74) is 0.634. The zero-order valence-electron chi connectivity index (χ0n) is 26.1. The molecule has 2 atom stereocenters. The van der Waals surface area contributed by atoms with Crippen LogP contribution in [0.5, 0.6) is 11.5 Å². The summed E-state index contributed by atoms with van der Waals surface area (Å²) in [4.78, 5) is 71.8. The number of nitrogens with zero attached hydrogens (tertiary/aromatic N) is 3. The summed E-state index contributed by atoms with van der Waals surface area (Å²) in [6, 6.07) is 10.1. The smallest absolute Gasteiger partial charge is 0.343 e. The Morgan fingerprint density at radius 2 is 1.79 bits per heavy atom. The Kier molecular flexibility index (Phi) is 10.4. The van der Waals surface area contributed by atoms with Crippen molar-refractivity contribution >= 4 is 75.8 Å². The number of thiazole rings is 1. The first kappa shape index (κ1) is 34.5. The third kappa shape index (κ3) is 6.74. The molecule has 0 spiro atoms. The number of hydrogen-bond donors (Lipinski definition) is 1. The van der Waals surface area contributed by atoms with Gasteiger partial charge in [-0.2, -0.15) is 0 Å². The van der Waals surface area contributed by atoms with Crippen molar-refractivity contribution in [3.05, 3.63) is 84.0 Å². The Labute approximate surface area is 288 Å². The van der Waals surface area contributed by atoms with Gasteiger partial charge in [0.05, 0.1) is 47.9 Å². The van der Waals surface area contributed by atoms with Crippen LogP contribution < -0.4 is 34.6 Å². The Balaban J connectivity index is 1.63. The molecule has 3 aromatic rings. The monoisotopic (exact) mass is 712 g/mol. The number of esters is 2. The van der Waals surface area contributed by atoms with Gasteiger partial charge in [-0.25, -0.2) is 14.6 Å². The molecular formula is C32H29ClN4O9S2. The van der Waals surface area contributed by atoms with E-state index in [0.717, 1.165) is 16.2 Å². The number of carbonyl (C=O) groups is 4. The van der Waals surface area contributed by atoms with E-state index in [0.29, 0.717) is 22.0 Å². The molecule has 1 N–H and O–H groups in total. The van der Waals surface area contributed by atoms with E-state index in [1.165, 1.54) is 17.8 Å². The van der Waals surface area contributed by atoms with Gasteiger partial charge < -0.3 is 24.3 Å². The molecule has 3 heterocycles. The number of aromatic nitrogens is 1. The van der Waals surface area contributed by atoms with Gasteiger partial charge in [-0.05, 0) is 81.0 Å². The van der Waals surface area contributed by atoms with Crippen LogP contribution >= 0.6 is 35.2 Å². The third-order valence-electron chi connectivity index (χ3n) is 7.28. The average Bonchev–Trinajstić information content (AvgIpc) is 3.36. The normalized spacial score (nSPS) is 17.8. The number of fused-ring (bicyclic) bond motifs is 1. The number of anilines is 1. The van der Waals surface area contributed by atoms with Gasteiger partial charge in [-0.15, -0.1) is 0 Å². The van der Waals surface area contributed by atoms with E-state index < -0.39 is 41.3 Å². The van der Waals surface area contributed by atoms with E-state index in [-0.39, 0.29) is 51.3 Å². The first-order chi connectivity index (χ1) is 23.0. The first-order valence-electron chi connectivity index (χ1n) is 14.6. The summed E-state index contributed by atoms with van der Waals surface area (Å²) in [6.07, 6.45) is 1.27. The van der Waals surface area contributed by atoms with Crippen molar-refractivity contribution in [2.45, 2.75) is 26.8 Å². The molecular weight excluding hydrogens is 684 g/mol. The highest BCUT2D eigenvalue weighted by atomic mass is 35.5. The van der Waals surface area contributed by atoms with Crippen LogP contribution in [0.25, 0.3) is 6.08 Å². The Morgan fingerprint density at radius 1 is 1.06 bits per heavy atom. The standard InChI is InChI=1S/C32H29ClN4O9S2/c1-5-44-22-13-17(7-12-21(22)46-15-24(38)43-4)26-25(30(42)45-6-2)16(3)34-32-37(26)29(41)23(48-32)14-20-27(39)35-31(47)36(28(20)40)19-10-8-18(33)9-11-19/h7-14,20,26H,5-6,15H2,1-4H3,(H,35,39,47)/b23-14-/t20-,26-/m1/s1. The SMILES string of the molecule is CCOC(=O)C1=C(C)N=c2s/c(=C\[C@@H]3C(=O)NC(=S)N(c4ccc(Cl)cc4)C3=O)c(=O)n2[C@@H]1c1ccc(OCC(=O)OC)c(OCC)c1. The second-order valence-corrected chi connectivity index (χ2v) is 12.1. The number of thiocarbonyl (C=S) groups is 1. The van der Waals surface area contributed by atoms with Gasteiger partial charge in [0.25, 0.3) is 5.56 Å². The number of halogens is 1. The Hall–Kier alpha value is -4.86. The number of ether oxygens (including phenoxy) is 4. The molecule has 1 aromatic heterocycles. The lowest BCUT2D eigenvalue weighted by Gasteiger charge is -2.31. The topological polar surface area (TPSA) is 155 Å². The Bertz CT molecular complexity index is 2040. The van der Waals surface area contributed by atoms with Crippen molar-refractivity contribution in [2.75, 3.05) is 31.8 Å². The minimum absolute atomic E-state index is 0.0390. The molecule has 0 bridgehead atoms. The summed E-state index contributed by atoms with van der Waals surface area (Å²) in [6.45, 7) is 4.99. The highest BCUT2D eigenvalue weighted by Gasteiger charge is 2.39. The molecule has 13 nitrogen and oxygen atoms in total. The molecule has 1 fully saturated rings. The lowest BCUT2D eigenvalue weighted by atomic mass is 9.95. The molecule has 0 saturated carbocycles. The average molecular weight is 713 g/mol. The Morgan fingerprint density at radius 3 is 2.46 bits per heavy atom. The maximum Gasteiger partial charge on any atom is 0.343 e. The number of hydrogen-bond acceptors (Lipinski definition) is 12. The number of benzene rings is 2. The molecule has 0 unspecified atom stereocenters. The van der Waals surface area contributed by atoms with Crippen molar-refractivity contribution in [2.24, 2.45) is 10.9 Å². The second-order valence-electron chi connectivity index (χ2n) is 10.3. The number of amides is 2. The zero-order valence-corrected chi connectivity index (χ0v) is 28.5. The van der Waals surface area contributed by atoms with Crippen LogP contribution in [0.15, 0.2) is 63.5 Å². The molecule has 2 aliphatic heterocycles. The van der Waals surface area contributed by atoms with Crippen molar-refractivity contribution in [1.82, 2.24) is 9.88 Å². The fraction of sp³-hybridized carbons (Fsp3) is 0.281. The number of rotatable bonds is 10. The molecule has 5 rings (SSSR count). The minimum Gasteiger partial charge on any atom is -0.490 e. The van der Waals surface area contributed by atoms with Crippen LogP contribution in [0.4, 0.5) is 5.69 Å². The highest BCUT2D eigenvalue weighted by molar-refractivity contribution is 7.80. The number of methoxy groups -OCH3 is 1. The summed E-state index contributed by atoms with van der Waals surface area (Å²) in [7, 11) is 1.24. The summed E-state index contributed by atoms with van der Waals surface area (Å²) >= 11 is 12.2. The van der Waals surface area contributed by atoms with E-state index >= 15 is 0 Å². The summed E-state index contributed by atoms with van der Waals surface area (Å²) in [5.74, 6) is -3.57. The number of carbonyl (C=O) groups excluding carboxylic acids is 4. The predicted octanol–water partition coefficient (Wildman–Crippen LogP) is 2.42. The van der Waals surface area contributed by atoms with Crippen LogP contribution in [0.3, 0.4) is 0 Å². The third-order valence-corrected chi connectivity index (χ3v) is 8.82. The van der Waals surface area contributed by atoms with E-state index in [4.69, 9.17) is 38.0 Å². The van der Waals surface area contributed by atoms with Gasteiger partial charge in [-0.3, -0.25) is 23.9 Å². The van der Waals surface area contributed by atoms with Gasteiger partial charge in [0.15, 0.2) is 28.0 Å². The zero-order chi connectivity index (χ0) is 34.7. The molecule has 16 heteroatoms. The lowest BCUT2D eigenvalue weighted by Crippen LogP contribution is -2.58. The molecule has 2 aromatic carbocycles. The first-order valence-corrected chi connectivity index (χ1v) is 16.2. The van der Waals surface area contributed by atoms with Gasteiger partial charge in [0, 0.05) is 5.02 Å². The van der Waals surface area contributed by atoms with E-state index in [2.05, 4.69) is 15.0 Å². The van der Waals surface area contributed by atoms with E-state index in [1.807, 2.05) is 0 Å². The van der Waals surface area contributed by atoms with Gasteiger partial charge in [0.2, 0.25) is 11.8 Å². The fourth-order valence-corrected chi connectivity index (χ4v) is 6.60. The van der Waals surface area contributed by atoms with E-state index in [9.17, 15) is 24.0 Å². The van der Waals surface area contributed by atoms with E-state index in [1.54, 1.807) is 63.2 Å². The molecule has 0 radical (unpaired) electrons. The van der Waals surface area contributed by atoms with Crippen LogP contribution in [0.1, 0.15) is 32.4 Å². The fourth-order valence-electron chi connectivity index (χ4n) is 5.12. The van der Waals surface area contributed by atoms with Crippen molar-refractivity contribution in [1.29, 1.82) is 0 Å². The lowest BCUT2D eigenvalue weighted by molar-refractivity contribution is -0.143. The van der Waals surface area contributed by atoms with Crippen LogP contribution in [0.2, 0.25) is 5.02 Å². The van der Waals surface area contributed by atoms with Crippen LogP contribution in [-0.2, 0) is 28.7 Å². The number of allylic oxidation sites excluding steroid dienone is 1. The maximum absolute atomic E-state index is 14.2. The molecule has 250 valence electrons. The second kappa shape index (κ2) is 14.5. The largest absolute Gasteiger partial charge is 0.490 e. The molecule has 2 amide bonds. The van der Waals surface area contributed by atoms with Crippen molar-refractivity contribution in [3.8, 4) is 11.5 Å². The number of nitrogens with one attached hydrogen (secondary N) is 1. The molecule has 1 saturated heterocycles. The summed E-state index contributed by atoms with van der Waals surface area (Å²) < 4.78 is 22.7. The molecule has 2 aliphatic rings. The minimum atomic E-state index is -1.41. The molecule has 48 heavy (non-hydrogen) atoms.